The van der Waals surface area contributed by atoms with Gasteiger partial charge in [-0.3, -0.25) is 9.89 Å². The van der Waals surface area contributed by atoms with Gasteiger partial charge < -0.3 is 5.32 Å². The molecule has 2 rings (SSSR count). The quantitative estimate of drug-likeness (QED) is 0.744. The van der Waals surface area contributed by atoms with Crippen molar-refractivity contribution in [2.75, 3.05) is 6.54 Å². The fourth-order valence-electron chi connectivity index (χ4n) is 2.90. The summed E-state index contributed by atoms with van der Waals surface area (Å²) in [6.45, 7) is 4.48. The Morgan fingerprint density at radius 1 is 1.48 bits per heavy atom. The fraction of sp³-hybridized carbons (Fsp3) is 0.692. The number of hydrogen-bond donors (Lipinski definition) is 3. The molecular weight excluding hydrogens is 292 g/mol. The normalized spacial score (nSPS) is 22.4. The maximum atomic E-state index is 12.2. The molecule has 0 spiro atoms. The second-order valence-corrected chi connectivity index (χ2v) is 7.16. The summed E-state index contributed by atoms with van der Waals surface area (Å²) in [4.78, 5) is 12.0. The predicted octanol–water partition coefficient (Wildman–Crippen LogP) is 0.785. The number of carbonyl (C=O) groups excluding carboxylic acids is 1. The third kappa shape index (κ3) is 3.44. The molecule has 4 N–H and O–H groups in total. The van der Waals surface area contributed by atoms with E-state index in [1.165, 1.54) is 12.8 Å². The Morgan fingerprint density at radius 3 is 2.71 bits per heavy atom. The predicted molar refractivity (Wildman–Crippen MR) is 78.2 cm³/mol. The van der Waals surface area contributed by atoms with Gasteiger partial charge in [0.15, 0.2) is 5.69 Å². The Balaban J connectivity index is 2.14. The van der Waals surface area contributed by atoms with Gasteiger partial charge in [-0.15, -0.1) is 0 Å². The van der Waals surface area contributed by atoms with Crippen molar-refractivity contribution in [1.82, 2.24) is 15.5 Å². The van der Waals surface area contributed by atoms with Crippen LogP contribution < -0.4 is 10.5 Å². The van der Waals surface area contributed by atoms with Gasteiger partial charge in [0.1, 0.15) is 4.90 Å². The van der Waals surface area contributed by atoms with Crippen LogP contribution in [0, 0.1) is 11.8 Å². The van der Waals surface area contributed by atoms with Crippen molar-refractivity contribution in [1.29, 1.82) is 0 Å². The molecule has 1 aliphatic rings. The van der Waals surface area contributed by atoms with Crippen LogP contribution in [-0.4, -0.2) is 31.1 Å². The number of nitrogens with zero attached hydrogens (tertiary/aromatic N) is 1. The highest BCUT2D eigenvalue weighted by Gasteiger charge is 2.28. The zero-order valence-corrected chi connectivity index (χ0v) is 13.2. The van der Waals surface area contributed by atoms with Crippen LogP contribution in [0.1, 0.15) is 49.3 Å². The average Bonchev–Trinajstić information content (AvgIpc) is 3.01. The van der Waals surface area contributed by atoms with Gasteiger partial charge in [-0.2, -0.15) is 5.10 Å². The van der Waals surface area contributed by atoms with E-state index in [9.17, 15) is 13.2 Å². The van der Waals surface area contributed by atoms with Crippen LogP contribution in [-0.2, 0) is 16.4 Å². The standard InChI is InChI=1S/C13H22N4O3S/c1-3-10-12(21(14,19)20)11(17-16-10)13(18)15-7-9-6-4-5-8(9)2/h8-9H,3-7H2,1-2H3,(H,15,18)(H,16,17)(H2,14,19,20). The molecule has 118 valence electrons. The Hall–Kier alpha value is -1.41. The van der Waals surface area contributed by atoms with Crippen molar-refractivity contribution >= 4 is 15.9 Å². The van der Waals surface area contributed by atoms with Crippen molar-refractivity contribution < 1.29 is 13.2 Å². The first-order chi connectivity index (χ1) is 9.84. The number of aromatic nitrogens is 2. The Bertz CT molecular complexity index is 623. The molecule has 1 amide bonds. The highest BCUT2D eigenvalue weighted by molar-refractivity contribution is 7.89. The van der Waals surface area contributed by atoms with Crippen molar-refractivity contribution in [3.8, 4) is 0 Å². The van der Waals surface area contributed by atoms with E-state index in [4.69, 9.17) is 5.14 Å². The van der Waals surface area contributed by atoms with E-state index in [1.54, 1.807) is 6.92 Å². The van der Waals surface area contributed by atoms with Crippen LogP contribution in [0.2, 0.25) is 0 Å². The summed E-state index contributed by atoms with van der Waals surface area (Å²) in [5.41, 5.74) is 0.219. The fourth-order valence-corrected chi connectivity index (χ4v) is 3.84. The summed E-state index contributed by atoms with van der Waals surface area (Å²) in [6.07, 6.45) is 3.84. The summed E-state index contributed by atoms with van der Waals surface area (Å²) < 4.78 is 23.3. The van der Waals surface area contributed by atoms with Crippen LogP contribution >= 0.6 is 0 Å². The summed E-state index contributed by atoms with van der Waals surface area (Å²) in [5.74, 6) is 0.527. The number of aromatic amines is 1. The SMILES string of the molecule is CCc1[nH]nc(C(=O)NCC2CCCC2C)c1S(N)(=O)=O. The lowest BCUT2D eigenvalue weighted by atomic mass is 9.98. The molecule has 1 fully saturated rings. The molecule has 7 nitrogen and oxygen atoms in total. The number of sulfonamides is 1. The van der Waals surface area contributed by atoms with Gasteiger partial charge in [0.25, 0.3) is 5.91 Å². The monoisotopic (exact) mass is 314 g/mol. The number of hydrogen-bond acceptors (Lipinski definition) is 4. The zero-order chi connectivity index (χ0) is 15.6. The maximum absolute atomic E-state index is 12.2. The second kappa shape index (κ2) is 6.15. The summed E-state index contributed by atoms with van der Waals surface area (Å²) in [5, 5.41) is 14.4. The Morgan fingerprint density at radius 2 is 2.19 bits per heavy atom. The Labute approximate surface area is 124 Å². The van der Waals surface area contributed by atoms with E-state index in [0.717, 1.165) is 6.42 Å². The average molecular weight is 314 g/mol. The maximum Gasteiger partial charge on any atom is 0.273 e. The third-order valence-electron chi connectivity index (χ3n) is 4.21. The largest absolute Gasteiger partial charge is 0.350 e. The number of primary sulfonamides is 1. The molecule has 0 aliphatic heterocycles. The number of nitrogens with two attached hydrogens (primary N) is 1. The van der Waals surface area contributed by atoms with Crippen LogP contribution in [0.25, 0.3) is 0 Å². The minimum atomic E-state index is -3.98. The topological polar surface area (TPSA) is 118 Å². The van der Waals surface area contributed by atoms with Gasteiger partial charge in [-0.25, -0.2) is 13.6 Å². The van der Waals surface area contributed by atoms with E-state index in [1.807, 2.05) is 0 Å². The molecule has 21 heavy (non-hydrogen) atoms. The lowest BCUT2D eigenvalue weighted by Gasteiger charge is -2.15. The van der Waals surface area contributed by atoms with E-state index in [-0.39, 0.29) is 10.6 Å². The first-order valence-electron chi connectivity index (χ1n) is 7.22. The number of amides is 1. The first kappa shape index (κ1) is 16.0. The summed E-state index contributed by atoms with van der Waals surface area (Å²) in [7, 11) is -3.98. The molecule has 0 saturated heterocycles. The number of carbonyl (C=O) groups is 1. The van der Waals surface area contributed by atoms with Crippen molar-refractivity contribution in [2.24, 2.45) is 17.0 Å². The van der Waals surface area contributed by atoms with Gasteiger partial charge in [-0.05, 0) is 24.7 Å². The molecule has 1 aliphatic carbocycles. The summed E-state index contributed by atoms with van der Waals surface area (Å²) >= 11 is 0. The molecule has 1 saturated carbocycles. The molecule has 0 aromatic carbocycles. The van der Waals surface area contributed by atoms with Crippen LogP contribution in [0.3, 0.4) is 0 Å². The Kier molecular flexibility index (Phi) is 4.67. The van der Waals surface area contributed by atoms with Gasteiger partial charge in [-0.1, -0.05) is 26.7 Å². The lowest BCUT2D eigenvalue weighted by Crippen LogP contribution is -2.32. The van der Waals surface area contributed by atoms with Gasteiger partial charge in [0.05, 0.1) is 5.69 Å². The number of nitrogens with one attached hydrogen (secondary N) is 2. The van der Waals surface area contributed by atoms with E-state index < -0.39 is 15.9 Å². The number of H-pyrrole nitrogens is 1. The van der Waals surface area contributed by atoms with Crippen LogP contribution in [0.4, 0.5) is 0 Å². The molecule has 1 aromatic rings. The molecule has 8 heteroatoms. The lowest BCUT2D eigenvalue weighted by molar-refractivity contribution is 0.0936. The third-order valence-corrected chi connectivity index (χ3v) is 5.22. The van der Waals surface area contributed by atoms with Gasteiger partial charge >= 0.3 is 0 Å². The molecule has 2 unspecified atom stereocenters. The first-order valence-corrected chi connectivity index (χ1v) is 8.77. The van der Waals surface area contributed by atoms with Crippen LogP contribution in [0.5, 0.6) is 0 Å². The van der Waals surface area contributed by atoms with Crippen molar-refractivity contribution in [3.05, 3.63) is 11.4 Å². The number of rotatable bonds is 5. The molecule has 0 radical (unpaired) electrons. The van der Waals surface area contributed by atoms with E-state index in [0.29, 0.717) is 30.5 Å². The van der Waals surface area contributed by atoms with Crippen molar-refractivity contribution in [3.63, 3.8) is 0 Å². The highest BCUT2D eigenvalue weighted by Crippen LogP contribution is 2.30. The van der Waals surface area contributed by atoms with Gasteiger partial charge in [0.2, 0.25) is 10.0 Å². The van der Waals surface area contributed by atoms with Crippen molar-refractivity contribution in [2.45, 2.75) is 44.4 Å². The highest BCUT2D eigenvalue weighted by atomic mass is 32.2. The smallest absolute Gasteiger partial charge is 0.273 e. The van der Waals surface area contributed by atoms with Crippen LogP contribution in [0.15, 0.2) is 4.90 Å². The van der Waals surface area contributed by atoms with Gasteiger partial charge in [0, 0.05) is 6.54 Å². The molecule has 1 heterocycles. The minimum Gasteiger partial charge on any atom is -0.350 e. The molecular formula is C13H22N4O3S. The molecule has 2 atom stereocenters. The molecule has 1 aromatic heterocycles. The second-order valence-electron chi connectivity index (χ2n) is 5.66. The summed E-state index contributed by atoms with van der Waals surface area (Å²) in [6, 6.07) is 0. The van der Waals surface area contributed by atoms with E-state index in [2.05, 4.69) is 22.4 Å². The molecule has 0 bridgehead atoms. The zero-order valence-electron chi connectivity index (χ0n) is 12.3. The van der Waals surface area contributed by atoms with E-state index >= 15 is 0 Å². The number of aryl methyl sites for hydroxylation is 1. The minimum absolute atomic E-state index is 0.139.